The molecule has 0 bridgehead atoms. The van der Waals surface area contributed by atoms with Crippen molar-refractivity contribution in [3.63, 3.8) is 0 Å². The third-order valence-electron chi connectivity index (χ3n) is 5.73. The van der Waals surface area contributed by atoms with Crippen molar-refractivity contribution in [1.82, 2.24) is 0 Å². The molecule has 5 heteroatoms. The molecule has 4 nitrogen and oxygen atoms in total. The molecule has 1 atom stereocenters. The topological polar surface area (TPSA) is 52.6 Å². The van der Waals surface area contributed by atoms with Gasteiger partial charge in [-0.05, 0) is 0 Å². The first-order valence-corrected chi connectivity index (χ1v) is 14.5. The molecule has 0 amide bonds. The average molecular weight is 444 g/mol. The van der Waals surface area contributed by atoms with E-state index in [1.807, 2.05) is 54.6 Å². The monoisotopic (exact) mass is 444 g/mol. The summed E-state index contributed by atoms with van der Waals surface area (Å²) in [6.07, 6.45) is 10.4. The van der Waals surface area contributed by atoms with Crippen molar-refractivity contribution < 1.29 is 31.8 Å². The molecule has 0 N–H and O–H groups in total. The van der Waals surface area contributed by atoms with E-state index in [0.29, 0.717) is 6.42 Å². The van der Waals surface area contributed by atoms with E-state index in [0.717, 1.165) is 15.0 Å². The minimum absolute atomic E-state index is 0.387. The number of allylic oxidation sites excluding steroid dienone is 5. The summed E-state index contributed by atoms with van der Waals surface area (Å²) >= 11 is -5.22. The number of benzene rings is 1. The Hall–Kier alpha value is -2.04. The summed E-state index contributed by atoms with van der Waals surface area (Å²) in [5, 5.41) is 0. The Morgan fingerprint density at radius 3 is 2.07 bits per heavy atom. The Morgan fingerprint density at radius 1 is 1.00 bits per heavy atom. The number of hydrogen-bond acceptors (Lipinski definition) is 4. The number of carbonyl (C=O) groups is 2. The maximum atomic E-state index is 13.3. The Bertz CT molecular complexity index is 1010. The van der Waals surface area contributed by atoms with Gasteiger partial charge in [0.05, 0.1) is 0 Å². The molecule has 3 rings (SSSR count). The van der Waals surface area contributed by atoms with E-state index in [1.165, 1.54) is 0 Å². The fourth-order valence-electron chi connectivity index (χ4n) is 3.79. The van der Waals surface area contributed by atoms with Gasteiger partial charge in [0.2, 0.25) is 0 Å². The summed E-state index contributed by atoms with van der Waals surface area (Å²) in [4.78, 5) is 31.1. The summed E-state index contributed by atoms with van der Waals surface area (Å²) in [6, 6.07) is 7.94. The first-order chi connectivity index (χ1) is 13.8. The molecule has 0 aromatic heterocycles. The van der Waals surface area contributed by atoms with Crippen molar-refractivity contribution in [3.8, 4) is 0 Å². The van der Waals surface area contributed by atoms with Crippen LogP contribution in [0.15, 0.2) is 52.4 Å². The molecular weight excluding hydrogens is 412 g/mol. The molecule has 1 unspecified atom stereocenters. The van der Waals surface area contributed by atoms with Gasteiger partial charge in [-0.3, -0.25) is 0 Å². The van der Waals surface area contributed by atoms with Gasteiger partial charge < -0.3 is 0 Å². The van der Waals surface area contributed by atoms with Gasteiger partial charge in [0.25, 0.3) is 0 Å². The molecule has 2 aliphatic rings. The Kier molecular flexibility index (Phi) is 5.50. The predicted octanol–water partition coefficient (Wildman–Crippen LogP) is 5.73. The van der Waals surface area contributed by atoms with Crippen LogP contribution < -0.4 is 0 Å². The van der Waals surface area contributed by atoms with E-state index < -0.39 is 38.4 Å². The van der Waals surface area contributed by atoms with Gasteiger partial charge in [-0.1, -0.05) is 0 Å². The van der Waals surface area contributed by atoms with Crippen LogP contribution in [0.3, 0.4) is 0 Å². The molecule has 1 aromatic rings. The quantitative estimate of drug-likeness (QED) is 0.557. The summed E-state index contributed by atoms with van der Waals surface area (Å²) in [5.74, 6) is -0.802. The molecule has 160 valence electrons. The normalized spacial score (nSPS) is 18.8. The van der Waals surface area contributed by atoms with Crippen LogP contribution in [0.4, 0.5) is 0 Å². The summed E-state index contributed by atoms with van der Waals surface area (Å²) in [5.41, 5.74) is 0.503. The molecule has 0 radical (unpaired) electrons. The summed E-state index contributed by atoms with van der Waals surface area (Å²) in [6.45, 7) is 10.8. The average Bonchev–Trinajstić information content (AvgIpc) is 3.31. The van der Waals surface area contributed by atoms with E-state index in [4.69, 9.17) is 6.64 Å². The number of fused-ring (bicyclic) bond motifs is 1. The molecule has 1 aromatic carbocycles. The van der Waals surface area contributed by atoms with Crippen molar-refractivity contribution in [2.24, 2.45) is 10.8 Å². The van der Waals surface area contributed by atoms with Crippen LogP contribution in [0, 0.1) is 10.8 Å². The van der Waals surface area contributed by atoms with Gasteiger partial charge in [0, 0.05) is 0 Å². The zero-order chi connectivity index (χ0) is 22.4. The van der Waals surface area contributed by atoms with Crippen LogP contribution in [0.2, 0.25) is 0 Å². The molecule has 0 fully saturated rings. The molecule has 0 aliphatic heterocycles. The third-order valence-corrected chi connectivity index (χ3v) is 13.1. The van der Waals surface area contributed by atoms with E-state index >= 15 is 0 Å². The molecule has 2 aliphatic carbocycles. The minimum atomic E-state index is -5.22. The van der Waals surface area contributed by atoms with Crippen molar-refractivity contribution in [2.75, 3.05) is 0 Å². The van der Waals surface area contributed by atoms with Gasteiger partial charge in [0.1, 0.15) is 0 Å². The second kappa shape index (κ2) is 7.28. The number of carbonyl (C=O) groups excluding carboxylic acids is 2. The van der Waals surface area contributed by atoms with Gasteiger partial charge >= 0.3 is 181 Å². The van der Waals surface area contributed by atoms with Gasteiger partial charge in [-0.25, -0.2) is 0 Å². The second-order valence-corrected chi connectivity index (χ2v) is 17.2. The van der Waals surface area contributed by atoms with Gasteiger partial charge in [-0.15, -0.1) is 0 Å². The number of hydrogen-bond donors (Lipinski definition) is 0. The van der Waals surface area contributed by atoms with Gasteiger partial charge in [-0.2, -0.15) is 0 Å². The van der Waals surface area contributed by atoms with E-state index in [-0.39, 0.29) is 4.22 Å². The fraction of sp³-hybridized carbons (Fsp3) is 0.400. The van der Waals surface area contributed by atoms with Crippen LogP contribution in [0.25, 0.3) is 6.08 Å². The van der Waals surface area contributed by atoms with Crippen molar-refractivity contribution in [3.05, 3.63) is 63.6 Å². The van der Waals surface area contributed by atoms with Gasteiger partial charge in [0.15, 0.2) is 0 Å². The van der Waals surface area contributed by atoms with Crippen LogP contribution in [0.1, 0.15) is 63.3 Å². The molecule has 0 saturated heterocycles. The van der Waals surface area contributed by atoms with Crippen LogP contribution in [-0.2, 0) is 31.8 Å². The molecule has 0 spiro atoms. The SMILES string of the molecule is [CH2]=[Ti]([O]C(=O)C(C)(C)C)([O]C(=O)C(C)(C)C)([C]1=CC=CC1)[CH]1C=Cc2ccccc21. The standard InChI is InChI=1S/C9H7.2C5H10O2.C5H5.CH2.Ti/c1-2-5-9-7-3-6-8(9)4-1;2*1-5(2,3)4(6)7;1-2-4-5-3-1;;/h1-7H;2*1-3H3,(H,6,7);1-3H,4H2;1H2;/q;;;;;+2/p-2. The fourth-order valence-corrected chi connectivity index (χ4v) is 11.2. The van der Waals surface area contributed by atoms with Crippen molar-refractivity contribution in [2.45, 2.75) is 52.2 Å². The first kappa shape index (κ1) is 22.6. The first-order valence-electron chi connectivity index (χ1n) is 10.4. The summed E-state index contributed by atoms with van der Waals surface area (Å²) in [7, 11) is 0. The maximum absolute atomic E-state index is 13.3. The van der Waals surface area contributed by atoms with E-state index in [9.17, 15) is 9.59 Å². The Labute approximate surface area is 181 Å². The van der Waals surface area contributed by atoms with Crippen molar-refractivity contribution >= 4 is 22.8 Å². The Morgan fingerprint density at radius 2 is 1.57 bits per heavy atom. The molecule has 0 heterocycles. The van der Waals surface area contributed by atoms with E-state index in [1.54, 1.807) is 41.5 Å². The molecule has 0 saturated carbocycles. The predicted molar refractivity (Wildman–Crippen MR) is 118 cm³/mol. The zero-order valence-electron chi connectivity index (χ0n) is 18.8. The second-order valence-electron chi connectivity index (χ2n) is 10.4. The third kappa shape index (κ3) is 3.83. The number of rotatable bonds is 4. The molecular formula is C25H32O4Ti. The van der Waals surface area contributed by atoms with Crippen LogP contribution >= 0.6 is 0 Å². The summed E-state index contributed by atoms with van der Waals surface area (Å²) < 4.78 is 13.3. The van der Waals surface area contributed by atoms with Crippen molar-refractivity contribution in [1.29, 1.82) is 0 Å². The molecule has 30 heavy (non-hydrogen) atoms. The zero-order valence-corrected chi connectivity index (χ0v) is 20.4. The Balaban J connectivity index is 2.28. The van der Waals surface area contributed by atoms with Crippen LogP contribution in [-0.4, -0.2) is 16.8 Å². The van der Waals surface area contributed by atoms with E-state index in [2.05, 4.69) is 4.82 Å². The van der Waals surface area contributed by atoms with Crippen LogP contribution in [0.5, 0.6) is 0 Å².